The van der Waals surface area contributed by atoms with Crippen molar-refractivity contribution in [2.24, 2.45) is 0 Å². The van der Waals surface area contributed by atoms with Gasteiger partial charge >= 0.3 is 5.97 Å². The molecule has 0 heterocycles. The minimum atomic E-state index is -0.409. The van der Waals surface area contributed by atoms with Crippen LogP contribution in [0.15, 0.2) is 12.1 Å². The minimum Gasteiger partial charge on any atom is -0.496 e. The zero-order valence-electron chi connectivity index (χ0n) is 10.4. The molecule has 0 aliphatic carbocycles. The van der Waals surface area contributed by atoms with E-state index in [1.807, 2.05) is 19.9 Å². The van der Waals surface area contributed by atoms with E-state index in [0.717, 1.165) is 11.1 Å². The molecule has 0 saturated heterocycles. The fourth-order valence-electron chi connectivity index (χ4n) is 1.65. The van der Waals surface area contributed by atoms with Gasteiger partial charge < -0.3 is 14.6 Å². The van der Waals surface area contributed by atoms with E-state index in [0.29, 0.717) is 17.7 Å². The monoisotopic (exact) mass is 238 g/mol. The van der Waals surface area contributed by atoms with E-state index in [9.17, 15) is 4.79 Å². The number of methoxy groups -OCH3 is 1. The number of carbonyl (C=O) groups is 1. The second kappa shape index (κ2) is 6.25. The van der Waals surface area contributed by atoms with Crippen molar-refractivity contribution in [3.63, 3.8) is 0 Å². The van der Waals surface area contributed by atoms with Crippen molar-refractivity contribution < 1.29 is 19.4 Å². The van der Waals surface area contributed by atoms with Crippen molar-refractivity contribution >= 4 is 5.97 Å². The van der Waals surface area contributed by atoms with Gasteiger partial charge in [-0.2, -0.15) is 0 Å². The normalized spacial score (nSPS) is 10.1. The third-order valence-corrected chi connectivity index (χ3v) is 2.40. The molecule has 0 saturated carbocycles. The molecule has 1 aromatic carbocycles. The van der Waals surface area contributed by atoms with E-state index in [-0.39, 0.29) is 13.2 Å². The summed E-state index contributed by atoms with van der Waals surface area (Å²) in [7, 11) is 1.53. The molecule has 4 nitrogen and oxygen atoms in total. The highest BCUT2D eigenvalue weighted by atomic mass is 16.5. The molecule has 0 aliphatic rings. The van der Waals surface area contributed by atoms with Crippen LogP contribution < -0.4 is 4.74 Å². The van der Waals surface area contributed by atoms with Crippen molar-refractivity contribution in [3.8, 4) is 5.75 Å². The predicted octanol–water partition coefficient (Wildman–Crippen LogP) is 1.85. The summed E-state index contributed by atoms with van der Waals surface area (Å²) < 4.78 is 10.2. The van der Waals surface area contributed by atoms with Gasteiger partial charge in [-0.15, -0.1) is 0 Å². The van der Waals surface area contributed by atoms with Crippen LogP contribution >= 0.6 is 0 Å². The molecule has 94 valence electrons. The molecule has 1 aromatic rings. The van der Waals surface area contributed by atoms with Crippen molar-refractivity contribution in [2.75, 3.05) is 20.3 Å². The fourth-order valence-corrected chi connectivity index (χ4v) is 1.65. The van der Waals surface area contributed by atoms with E-state index >= 15 is 0 Å². The fraction of sp³-hybridized carbons (Fsp3) is 0.462. The lowest BCUT2D eigenvalue weighted by Crippen LogP contribution is -2.11. The van der Waals surface area contributed by atoms with Crippen molar-refractivity contribution in [3.05, 3.63) is 28.8 Å². The Morgan fingerprint density at radius 3 is 2.65 bits per heavy atom. The van der Waals surface area contributed by atoms with Crippen LogP contribution in [0.3, 0.4) is 0 Å². The zero-order valence-corrected chi connectivity index (χ0v) is 10.4. The number of aryl methyl sites for hydroxylation is 2. The molecule has 0 spiro atoms. The van der Waals surface area contributed by atoms with Gasteiger partial charge in [0.1, 0.15) is 11.3 Å². The van der Waals surface area contributed by atoms with Gasteiger partial charge in [0, 0.05) is 13.0 Å². The second-order valence-electron chi connectivity index (χ2n) is 3.87. The second-order valence-corrected chi connectivity index (χ2v) is 3.87. The molecule has 4 heteroatoms. The number of hydrogen-bond donors (Lipinski definition) is 1. The highest BCUT2D eigenvalue weighted by molar-refractivity contribution is 5.94. The van der Waals surface area contributed by atoms with Crippen LogP contribution in [0.2, 0.25) is 0 Å². The maximum absolute atomic E-state index is 11.8. The molecule has 1 N–H and O–H groups in total. The summed E-state index contributed by atoms with van der Waals surface area (Å²) in [6, 6.07) is 3.71. The smallest absolute Gasteiger partial charge is 0.342 e. The van der Waals surface area contributed by atoms with E-state index in [1.165, 1.54) is 7.11 Å². The Morgan fingerprint density at radius 1 is 1.35 bits per heavy atom. The zero-order chi connectivity index (χ0) is 12.8. The van der Waals surface area contributed by atoms with E-state index in [4.69, 9.17) is 14.6 Å². The van der Waals surface area contributed by atoms with Crippen LogP contribution in [0.4, 0.5) is 0 Å². The Kier molecular flexibility index (Phi) is 4.97. The number of aliphatic hydroxyl groups excluding tert-OH is 1. The Balaban J connectivity index is 2.92. The van der Waals surface area contributed by atoms with Crippen molar-refractivity contribution in [2.45, 2.75) is 20.3 Å². The third-order valence-electron chi connectivity index (χ3n) is 2.40. The average Bonchev–Trinajstić information content (AvgIpc) is 2.27. The number of benzene rings is 1. The molecule has 0 fully saturated rings. The molecule has 0 aliphatic heterocycles. The lowest BCUT2D eigenvalue weighted by Gasteiger charge is -2.12. The Hall–Kier alpha value is -1.55. The van der Waals surface area contributed by atoms with Crippen LogP contribution in [0.1, 0.15) is 27.9 Å². The van der Waals surface area contributed by atoms with Gasteiger partial charge in [0.15, 0.2) is 0 Å². The first-order valence-electron chi connectivity index (χ1n) is 5.53. The first-order valence-corrected chi connectivity index (χ1v) is 5.53. The van der Waals surface area contributed by atoms with Gasteiger partial charge in [-0.25, -0.2) is 4.79 Å². The number of carbonyl (C=O) groups excluding carboxylic acids is 1. The third kappa shape index (κ3) is 3.46. The molecule has 17 heavy (non-hydrogen) atoms. The van der Waals surface area contributed by atoms with E-state index < -0.39 is 5.97 Å². The lowest BCUT2D eigenvalue weighted by atomic mass is 10.0. The summed E-state index contributed by atoms with van der Waals surface area (Å²) in [5.41, 5.74) is 2.32. The maximum Gasteiger partial charge on any atom is 0.342 e. The highest BCUT2D eigenvalue weighted by Crippen LogP contribution is 2.24. The van der Waals surface area contributed by atoms with Gasteiger partial charge in [-0.05, 0) is 31.0 Å². The summed E-state index contributed by atoms with van der Waals surface area (Å²) in [5, 5.41) is 8.63. The minimum absolute atomic E-state index is 0.0112. The average molecular weight is 238 g/mol. The van der Waals surface area contributed by atoms with Crippen molar-refractivity contribution in [1.29, 1.82) is 0 Å². The molecule has 0 aromatic heterocycles. The van der Waals surface area contributed by atoms with E-state index in [2.05, 4.69) is 0 Å². The van der Waals surface area contributed by atoms with E-state index in [1.54, 1.807) is 6.07 Å². The van der Waals surface area contributed by atoms with Crippen LogP contribution in [-0.4, -0.2) is 31.4 Å². The first-order chi connectivity index (χ1) is 8.10. The molecule has 0 unspecified atom stereocenters. The molecular weight excluding hydrogens is 220 g/mol. The van der Waals surface area contributed by atoms with Crippen LogP contribution in [0, 0.1) is 13.8 Å². The Labute approximate surface area is 101 Å². The molecule has 0 radical (unpaired) electrons. The number of hydrogen-bond acceptors (Lipinski definition) is 4. The highest BCUT2D eigenvalue weighted by Gasteiger charge is 2.17. The number of ether oxygens (including phenoxy) is 2. The number of esters is 1. The van der Waals surface area contributed by atoms with Crippen LogP contribution in [-0.2, 0) is 4.74 Å². The largest absolute Gasteiger partial charge is 0.496 e. The SMILES string of the molecule is COc1cc(C)cc(C)c1C(=O)OCCCO. The number of aliphatic hydroxyl groups is 1. The molecule has 0 amide bonds. The summed E-state index contributed by atoms with van der Waals surface area (Å²) in [6.45, 7) is 4.01. The molecule has 0 bridgehead atoms. The quantitative estimate of drug-likeness (QED) is 0.628. The standard InChI is InChI=1S/C13H18O4/c1-9-7-10(2)12(11(8-9)16-3)13(15)17-6-4-5-14/h7-8,14H,4-6H2,1-3H3. The summed E-state index contributed by atoms with van der Waals surface area (Å²) >= 11 is 0. The molecular formula is C13H18O4. The molecule has 1 rings (SSSR count). The Bertz CT molecular complexity index is 399. The van der Waals surface area contributed by atoms with Gasteiger partial charge in [-0.3, -0.25) is 0 Å². The van der Waals surface area contributed by atoms with Crippen LogP contribution in [0.25, 0.3) is 0 Å². The predicted molar refractivity (Wildman–Crippen MR) is 64.5 cm³/mol. The van der Waals surface area contributed by atoms with Gasteiger partial charge in [-0.1, -0.05) is 6.07 Å². The summed E-state index contributed by atoms with van der Waals surface area (Å²) in [5.74, 6) is 0.115. The number of rotatable bonds is 5. The Morgan fingerprint density at radius 2 is 2.06 bits per heavy atom. The summed E-state index contributed by atoms with van der Waals surface area (Å²) in [4.78, 5) is 11.8. The molecule has 0 atom stereocenters. The first kappa shape index (κ1) is 13.5. The van der Waals surface area contributed by atoms with Gasteiger partial charge in [0.05, 0.1) is 13.7 Å². The topological polar surface area (TPSA) is 55.8 Å². The van der Waals surface area contributed by atoms with Gasteiger partial charge in [0.25, 0.3) is 0 Å². The van der Waals surface area contributed by atoms with Crippen molar-refractivity contribution in [1.82, 2.24) is 0 Å². The van der Waals surface area contributed by atoms with Crippen LogP contribution in [0.5, 0.6) is 5.75 Å². The van der Waals surface area contributed by atoms with Gasteiger partial charge in [0.2, 0.25) is 0 Å². The lowest BCUT2D eigenvalue weighted by molar-refractivity contribution is 0.0477. The maximum atomic E-state index is 11.8. The summed E-state index contributed by atoms with van der Waals surface area (Å²) in [6.07, 6.45) is 0.443.